The molecular formula is C13H10N2O3. The first-order valence-electron chi connectivity index (χ1n) is 5.44. The minimum atomic E-state index is -0.730. The molecule has 2 heterocycles. The molecule has 0 unspecified atom stereocenters. The number of fused-ring (bicyclic) bond motifs is 1. The number of rotatable bonds is 1. The summed E-state index contributed by atoms with van der Waals surface area (Å²) in [5.74, 6) is -0.482. The Morgan fingerprint density at radius 1 is 1.28 bits per heavy atom. The number of ether oxygens (including phenoxy) is 1. The summed E-state index contributed by atoms with van der Waals surface area (Å²) in [4.78, 5) is 22.3. The Kier molecular flexibility index (Phi) is 2.19. The second-order valence-corrected chi connectivity index (χ2v) is 4.06. The van der Waals surface area contributed by atoms with Gasteiger partial charge in [-0.2, -0.15) is 0 Å². The second kappa shape index (κ2) is 3.73. The van der Waals surface area contributed by atoms with E-state index in [-0.39, 0.29) is 5.76 Å². The number of aryl methyl sites for hydroxylation is 1. The molecule has 1 N–H and O–H groups in total. The summed E-state index contributed by atoms with van der Waals surface area (Å²) >= 11 is 0. The van der Waals surface area contributed by atoms with Gasteiger partial charge in [0.05, 0.1) is 0 Å². The molecule has 0 spiro atoms. The highest BCUT2D eigenvalue weighted by Gasteiger charge is 2.26. The van der Waals surface area contributed by atoms with E-state index in [2.05, 4.69) is 5.32 Å². The van der Waals surface area contributed by atoms with Crippen molar-refractivity contribution < 1.29 is 14.3 Å². The Hall–Kier alpha value is -2.56. The molecule has 0 aliphatic carbocycles. The molecule has 1 aromatic heterocycles. The fraction of sp³-hybridized carbons (Fsp3) is 0.0769. The number of aromatic nitrogens is 1. The minimum Gasteiger partial charge on any atom is -0.404 e. The number of imide groups is 1. The van der Waals surface area contributed by atoms with Crippen molar-refractivity contribution >= 4 is 29.0 Å². The Balaban J connectivity index is 2.13. The molecule has 90 valence electrons. The molecule has 2 aromatic rings. The van der Waals surface area contributed by atoms with Crippen molar-refractivity contribution in [3.05, 3.63) is 41.8 Å². The van der Waals surface area contributed by atoms with Gasteiger partial charge in [-0.15, -0.1) is 0 Å². The van der Waals surface area contributed by atoms with Crippen LogP contribution in [0.2, 0.25) is 0 Å². The fourth-order valence-corrected chi connectivity index (χ4v) is 2.05. The van der Waals surface area contributed by atoms with Crippen LogP contribution in [0.5, 0.6) is 0 Å². The number of carbonyl (C=O) groups is 2. The minimum absolute atomic E-state index is 0.0244. The number of carbonyl (C=O) groups excluding carboxylic acids is 2. The summed E-state index contributed by atoms with van der Waals surface area (Å²) in [5.41, 5.74) is 1.89. The van der Waals surface area contributed by atoms with Crippen LogP contribution in [0.4, 0.5) is 4.79 Å². The topological polar surface area (TPSA) is 60.3 Å². The molecule has 0 radical (unpaired) electrons. The van der Waals surface area contributed by atoms with Crippen LogP contribution in [0, 0.1) is 0 Å². The molecule has 18 heavy (non-hydrogen) atoms. The molecule has 1 aliphatic rings. The van der Waals surface area contributed by atoms with Gasteiger partial charge in [-0.1, -0.05) is 18.2 Å². The van der Waals surface area contributed by atoms with Crippen LogP contribution in [-0.4, -0.2) is 16.6 Å². The smallest absolute Gasteiger partial charge is 0.404 e. The van der Waals surface area contributed by atoms with Gasteiger partial charge in [0.25, 0.3) is 5.91 Å². The molecule has 5 heteroatoms. The van der Waals surface area contributed by atoms with Crippen molar-refractivity contribution in [2.24, 2.45) is 7.05 Å². The van der Waals surface area contributed by atoms with Gasteiger partial charge in [-0.3, -0.25) is 10.1 Å². The molecule has 3 rings (SSSR count). The van der Waals surface area contributed by atoms with E-state index in [1.807, 2.05) is 42.1 Å². The molecule has 0 bridgehead atoms. The monoisotopic (exact) mass is 242 g/mol. The normalized spacial score (nSPS) is 17.3. The first-order valence-corrected chi connectivity index (χ1v) is 5.44. The lowest BCUT2D eigenvalue weighted by molar-refractivity contribution is -0.116. The largest absolute Gasteiger partial charge is 0.419 e. The highest BCUT2D eigenvalue weighted by atomic mass is 16.6. The third-order valence-electron chi connectivity index (χ3n) is 2.86. The summed E-state index contributed by atoms with van der Waals surface area (Å²) in [7, 11) is 1.92. The highest BCUT2D eigenvalue weighted by Crippen LogP contribution is 2.23. The number of benzene rings is 1. The molecule has 1 aliphatic heterocycles. The maximum absolute atomic E-state index is 11.4. The zero-order valence-corrected chi connectivity index (χ0v) is 9.64. The number of hydrogen-bond donors (Lipinski definition) is 1. The van der Waals surface area contributed by atoms with E-state index in [0.29, 0.717) is 0 Å². The van der Waals surface area contributed by atoms with E-state index in [4.69, 9.17) is 4.74 Å². The number of alkyl carbamates (subject to hydrolysis) is 1. The number of amides is 2. The first-order chi connectivity index (χ1) is 8.65. The van der Waals surface area contributed by atoms with Gasteiger partial charge in [0.15, 0.2) is 5.76 Å². The molecule has 1 saturated heterocycles. The van der Waals surface area contributed by atoms with Crippen LogP contribution in [-0.2, 0) is 16.6 Å². The number of hydrogen-bond acceptors (Lipinski definition) is 3. The number of cyclic esters (lactones) is 1. The molecule has 2 amide bonds. The molecule has 5 nitrogen and oxygen atoms in total. The van der Waals surface area contributed by atoms with Crippen LogP contribution in [0.3, 0.4) is 0 Å². The predicted molar refractivity (Wildman–Crippen MR) is 65.5 cm³/mol. The van der Waals surface area contributed by atoms with Gasteiger partial charge in [0, 0.05) is 29.7 Å². The van der Waals surface area contributed by atoms with Gasteiger partial charge in [-0.25, -0.2) is 4.79 Å². The average molecular weight is 242 g/mol. The van der Waals surface area contributed by atoms with Gasteiger partial charge in [0.1, 0.15) is 0 Å². The van der Waals surface area contributed by atoms with E-state index >= 15 is 0 Å². The van der Waals surface area contributed by atoms with Crippen molar-refractivity contribution in [2.75, 3.05) is 0 Å². The van der Waals surface area contributed by atoms with Crippen molar-refractivity contribution in [1.82, 2.24) is 9.88 Å². The molecule has 0 atom stereocenters. The van der Waals surface area contributed by atoms with Crippen LogP contribution in [0.25, 0.3) is 17.0 Å². The van der Waals surface area contributed by atoms with Crippen LogP contribution >= 0.6 is 0 Å². The lowest BCUT2D eigenvalue weighted by Crippen LogP contribution is -2.18. The summed E-state index contributed by atoms with van der Waals surface area (Å²) in [6.45, 7) is 0. The Morgan fingerprint density at radius 3 is 2.78 bits per heavy atom. The highest BCUT2D eigenvalue weighted by molar-refractivity contribution is 6.10. The number of nitrogens with one attached hydrogen (secondary N) is 1. The maximum Gasteiger partial charge on any atom is 0.419 e. The van der Waals surface area contributed by atoms with E-state index < -0.39 is 12.0 Å². The third-order valence-corrected chi connectivity index (χ3v) is 2.86. The molecule has 1 aromatic carbocycles. The van der Waals surface area contributed by atoms with Crippen molar-refractivity contribution in [3.63, 3.8) is 0 Å². The Morgan fingerprint density at radius 2 is 2.06 bits per heavy atom. The zero-order chi connectivity index (χ0) is 12.7. The summed E-state index contributed by atoms with van der Waals surface area (Å²) < 4.78 is 6.74. The van der Waals surface area contributed by atoms with Gasteiger partial charge < -0.3 is 9.30 Å². The van der Waals surface area contributed by atoms with Gasteiger partial charge in [0.2, 0.25) is 0 Å². The van der Waals surface area contributed by atoms with Crippen molar-refractivity contribution in [2.45, 2.75) is 0 Å². The second-order valence-electron chi connectivity index (χ2n) is 4.06. The zero-order valence-electron chi connectivity index (χ0n) is 9.64. The Bertz CT molecular complexity index is 697. The number of nitrogens with zero attached hydrogens (tertiary/aromatic N) is 1. The van der Waals surface area contributed by atoms with E-state index in [0.717, 1.165) is 16.5 Å². The lowest BCUT2D eigenvalue weighted by Gasteiger charge is -1.93. The summed E-state index contributed by atoms with van der Waals surface area (Å²) in [6, 6.07) is 7.81. The quantitative estimate of drug-likeness (QED) is 0.775. The first kappa shape index (κ1) is 10.6. The maximum atomic E-state index is 11.4. The van der Waals surface area contributed by atoms with Gasteiger partial charge >= 0.3 is 6.09 Å². The van der Waals surface area contributed by atoms with Crippen LogP contribution in [0.1, 0.15) is 5.56 Å². The standard InChI is InChI=1S/C13H10N2O3/c1-15-7-8(9-4-2-3-5-10(9)15)6-11-12(16)14-13(17)18-11/h2-7H,1H3,(H,14,16,17)/b11-6+. The van der Waals surface area contributed by atoms with E-state index in [1.54, 1.807) is 6.08 Å². The molecular weight excluding hydrogens is 232 g/mol. The third kappa shape index (κ3) is 1.57. The lowest BCUT2D eigenvalue weighted by atomic mass is 10.1. The van der Waals surface area contributed by atoms with Crippen molar-refractivity contribution in [3.8, 4) is 0 Å². The average Bonchev–Trinajstić information content (AvgIpc) is 2.82. The van der Waals surface area contributed by atoms with E-state index in [1.165, 1.54) is 0 Å². The van der Waals surface area contributed by atoms with Crippen LogP contribution < -0.4 is 5.32 Å². The van der Waals surface area contributed by atoms with Crippen molar-refractivity contribution in [1.29, 1.82) is 0 Å². The number of para-hydroxylation sites is 1. The van der Waals surface area contributed by atoms with E-state index in [9.17, 15) is 9.59 Å². The predicted octanol–water partition coefficient (Wildman–Crippen LogP) is 1.79. The summed E-state index contributed by atoms with van der Waals surface area (Å²) in [5, 5.41) is 3.07. The SMILES string of the molecule is Cn1cc(/C=C2/OC(=O)NC2=O)c2ccccc21. The summed E-state index contributed by atoms with van der Waals surface area (Å²) in [6.07, 6.45) is 2.73. The molecule has 1 fully saturated rings. The Labute approximate surface area is 103 Å². The fourth-order valence-electron chi connectivity index (χ4n) is 2.05. The molecule has 0 saturated carbocycles. The van der Waals surface area contributed by atoms with Gasteiger partial charge in [-0.05, 0) is 12.1 Å². The van der Waals surface area contributed by atoms with Crippen LogP contribution in [0.15, 0.2) is 36.2 Å².